The molecule has 2 N–H and O–H groups in total. The average Bonchev–Trinajstić information content (AvgIpc) is 2.47. The van der Waals surface area contributed by atoms with Crippen molar-refractivity contribution < 1.29 is 14.6 Å². The number of ether oxygens (including phenoxy) is 1. The summed E-state index contributed by atoms with van der Waals surface area (Å²) in [5.74, 6) is 0.386. The number of aliphatic hydroxyl groups excluding tert-OH is 1. The Bertz CT molecular complexity index is 450. The lowest BCUT2D eigenvalue weighted by atomic mass is 9.86. The van der Waals surface area contributed by atoms with E-state index in [0.717, 1.165) is 25.7 Å². The lowest BCUT2D eigenvalue weighted by molar-refractivity contribution is 0.0527. The number of esters is 1. The fraction of sp³-hybridized carbons (Fsp3) is 0.600. The summed E-state index contributed by atoms with van der Waals surface area (Å²) in [4.78, 5) is 16.0. The molecule has 1 fully saturated rings. The van der Waals surface area contributed by atoms with Crippen molar-refractivity contribution in [3.05, 3.63) is 23.9 Å². The third-order valence-electron chi connectivity index (χ3n) is 3.70. The van der Waals surface area contributed by atoms with Crippen LogP contribution in [0, 0.1) is 5.92 Å². The van der Waals surface area contributed by atoms with Crippen LogP contribution in [0.3, 0.4) is 0 Å². The van der Waals surface area contributed by atoms with Gasteiger partial charge >= 0.3 is 5.97 Å². The second kappa shape index (κ2) is 7.24. The Kier molecular flexibility index (Phi) is 5.35. The Morgan fingerprint density at radius 1 is 1.50 bits per heavy atom. The van der Waals surface area contributed by atoms with Gasteiger partial charge in [-0.25, -0.2) is 9.78 Å². The third-order valence-corrected chi connectivity index (χ3v) is 3.70. The van der Waals surface area contributed by atoms with Crippen LogP contribution < -0.4 is 5.32 Å². The second-order valence-corrected chi connectivity index (χ2v) is 5.11. The highest BCUT2D eigenvalue weighted by atomic mass is 16.5. The highest BCUT2D eigenvalue weighted by molar-refractivity contribution is 5.94. The lowest BCUT2D eigenvalue weighted by Gasteiger charge is -2.28. The number of rotatable bonds is 5. The largest absolute Gasteiger partial charge is 0.462 e. The van der Waals surface area contributed by atoms with Crippen LogP contribution in [-0.2, 0) is 4.74 Å². The van der Waals surface area contributed by atoms with Gasteiger partial charge in [0.1, 0.15) is 11.4 Å². The van der Waals surface area contributed by atoms with Crippen LogP contribution in [0.2, 0.25) is 0 Å². The number of pyridine rings is 1. The predicted molar refractivity (Wildman–Crippen MR) is 76.6 cm³/mol. The topological polar surface area (TPSA) is 71.5 Å². The molecule has 0 radical (unpaired) electrons. The molecule has 2 rings (SSSR count). The number of anilines is 1. The molecule has 1 aromatic heterocycles. The van der Waals surface area contributed by atoms with Crippen LogP contribution in [0.5, 0.6) is 0 Å². The van der Waals surface area contributed by atoms with E-state index < -0.39 is 0 Å². The molecule has 1 saturated carbocycles. The molecule has 0 spiro atoms. The smallest absolute Gasteiger partial charge is 0.341 e. The van der Waals surface area contributed by atoms with Gasteiger partial charge in [0.2, 0.25) is 0 Å². The van der Waals surface area contributed by atoms with Gasteiger partial charge < -0.3 is 15.2 Å². The van der Waals surface area contributed by atoms with E-state index in [9.17, 15) is 9.90 Å². The summed E-state index contributed by atoms with van der Waals surface area (Å²) in [6, 6.07) is 3.41. The number of hydrogen-bond acceptors (Lipinski definition) is 5. The summed E-state index contributed by atoms with van der Waals surface area (Å²) >= 11 is 0. The Morgan fingerprint density at radius 3 is 3.05 bits per heavy atom. The third kappa shape index (κ3) is 3.70. The Hall–Kier alpha value is -1.62. The molecule has 1 aromatic rings. The van der Waals surface area contributed by atoms with E-state index in [0.29, 0.717) is 24.5 Å². The van der Waals surface area contributed by atoms with Gasteiger partial charge in [-0.15, -0.1) is 0 Å². The second-order valence-electron chi connectivity index (χ2n) is 5.11. The number of nitrogens with zero attached hydrogens (tertiary/aromatic N) is 1. The zero-order valence-corrected chi connectivity index (χ0v) is 11.8. The molecular formula is C15H22N2O3. The molecular weight excluding hydrogens is 256 g/mol. The summed E-state index contributed by atoms with van der Waals surface area (Å²) in [6.45, 7) is 2.75. The molecule has 20 heavy (non-hydrogen) atoms. The van der Waals surface area contributed by atoms with Crippen LogP contribution in [0.4, 0.5) is 5.82 Å². The Morgan fingerprint density at radius 2 is 2.30 bits per heavy atom. The molecule has 1 heterocycles. The number of aromatic nitrogens is 1. The molecule has 5 nitrogen and oxygen atoms in total. The predicted octanol–water partition coefficient (Wildman–Crippen LogP) is 2.22. The van der Waals surface area contributed by atoms with E-state index >= 15 is 0 Å². The number of carbonyl (C=O) groups excluding carboxylic acids is 1. The molecule has 1 aliphatic carbocycles. The van der Waals surface area contributed by atoms with Gasteiger partial charge in [-0.3, -0.25) is 0 Å². The zero-order chi connectivity index (χ0) is 14.4. The maximum Gasteiger partial charge on any atom is 0.341 e. The van der Waals surface area contributed by atoms with Crippen molar-refractivity contribution in [2.45, 2.75) is 38.7 Å². The number of aliphatic hydroxyl groups is 1. The maximum atomic E-state index is 11.8. The van der Waals surface area contributed by atoms with Gasteiger partial charge in [-0.2, -0.15) is 0 Å². The van der Waals surface area contributed by atoms with Gasteiger partial charge in [0.25, 0.3) is 0 Å². The van der Waals surface area contributed by atoms with Crippen molar-refractivity contribution in [3.8, 4) is 0 Å². The Balaban J connectivity index is 2.00. The highest BCUT2D eigenvalue weighted by Crippen LogP contribution is 2.25. The van der Waals surface area contributed by atoms with Crippen molar-refractivity contribution >= 4 is 11.8 Å². The van der Waals surface area contributed by atoms with E-state index in [4.69, 9.17) is 4.74 Å². The molecule has 2 atom stereocenters. The van der Waals surface area contributed by atoms with Crippen LogP contribution in [0.25, 0.3) is 0 Å². The standard InChI is InChI=1S/C15H22N2O3/c1-2-20-15(19)12-7-5-9-16-14(12)17-10-11-6-3-4-8-13(11)18/h5,7,9,11,13,18H,2-4,6,8,10H2,1H3,(H,16,17). The van der Waals surface area contributed by atoms with Crippen molar-refractivity contribution in [1.82, 2.24) is 4.98 Å². The average molecular weight is 278 g/mol. The van der Waals surface area contributed by atoms with Gasteiger partial charge in [-0.1, -0.05) is 12.8 Å². The Labute approximate surface area is 119 Å². The molecule has 5 heteroatoms. The molecule has 0 aliphatic heterocycles. The quantitative estimate of drug-likeness (QED) is 0.808. The fourth-order valence-corrected chi connectivity index (χ4v) is 2.57. The van der Waals surface area contributed by atoms with Crippen LogP contribution in [0.15, 0.2) is 18.3 Å². The summed E-state index contributed by atoms with van der Waals surface area (Å²) in [7, 11) is 0. The monoisotopic (exact) mass is 278 g/mol. The normalized spacial score (nSPS) is 22.3. The molecule has 0 saturated heterocycles. The number of nitrogens with one attached hydrogen (secondary N) is 1. The number of hydrogen-bond donors (Lipinski definition) is 2. The minimum absolute atomic E-state index is 0.223. The van der Waals surface area contributed by atoms with Crippen molar-refractivity contribution in [3.63, 3.8) is 0 Å². The summed E-state index contributed by atoms with van der Waals surface area (Å²) in [6.07, 6.45) is 5.49. The summed E-state index contributed by atoms with van der Waals surface area (Å²) in [5, 5.41) is 13.1. The summed E-state index contributed by atoms with van der Waals surface area (Å²) in [5.41, 5.74) is 0.444. The first-order chi connectivity index (χ1) is 9.72. The maximum absolute atomic E-state index is 11.8. The van der Waals surface area contributed by atoms with E-state index in [1.54, 1.807) is 25.3 Å². The minimum atomic E-state index is -0.368. The first kappa shape index (κ1) is 14.8. The van der Waals surface area contributed by atoms with Gasteiger partial charge in [-0.05, 0) is 31.9 Å². The van der Waals surface area contributed by atoms with Crippen LogP contribution in [0.1, 0.15) is 43.0 Å². The van der Waals surface area contributed by atoms with Crippen LogP contribution in [-0.4, -0.2) is 35.3 Å². The van der Waals surface area contributed by atoms with E-state index in [1.807, 2.05) is 0 Å². The first-order valence-corrected chi connectivity index (χ1v) is 7.26. The molecule has 0 aromatic carbocycles. The van der Waals surface area contributed by atoms with Crippen molar-refractivity contribution in [2.24, 2.45) is 5.92 Å². The molecule has 1 aliphatic rings. The van der Waals surface area contributed by atoms with E-state index in [-0.39, 0.29) is 18.0 Å². The summed E-state index contributed by atoms with van der Waals surface area (Å²) < 4.78 is 5.01. The first-order valence-electron chi connectivity index (χ1n) is 7.26. The molecule has 2 unspecified atom stereocenters. The van der Waals surface area contributed by atoms with Gasteiger partial charge in [0, 0.05) is 18.7 Å². The van der Waals surface area contributed by atoms with Gasteiger partial charge in [0.15, 0.2) is 0 Å². The van der Waals surface area contributed by atoms with Crippen molar-refractivity contribution in [2.75, 3.05) is 18.5 Å². The minimum Gasteiger partial charge on any atom is -0.462 e. The number of carbonyl (C=O) groups is 1. The fourth-order valence-electron chi connectivity index (χ4n) is 2.57. The van der Waals surface area contributed by atoms with E-state index in [1.165, 1.54) is 0 Å². The van der Waals surface area contributed by atoms with Crippen LogP contribution >= 0.6 is 0 Å². The molecule has 0 bridgehead atoms. The van der Waals surface area contributed by atoms with Crippen molar-refractivity contribution in [1.29, 1.82) is 0 Å². The SMILES string of the molecule is CCOC(=O)c1cccnc1NCC1CCCCC1O. The van der Waals surface area contributed by atoms with Gasteiger partial charge in [0.05, 0.1) is 12.7 Å². The molecule has 0 amide bonds. The van der Waals surface area contributed by atoms with E-state index in [2.05, 4.69) is 10.3 Å². The zero-order valence-electron chi connectivity index (χ0n) is 11.8. The highest BCUT2D eigenvalue weighted by Gasteiger charge is 2.23. The lowest BCUT2D eigenvalue weighted by Crippen LogP contribution is -2.30. The molecule has 110 valence electrons.